The molecular formula is C24H34ClIN4O2. The Labute approximate surface area is 213 Å². The van der Waals surface area contributed by atoms with Gasteiger partial charge < -0.3 is 20.1 Å². The minimum Gasteiger partial charge on any atom is -0.492 e. The molecule has 32 heavy (non-hydrogen) atoms. The minimum absolute atomic E-state index is 0. The van der Waals surface area contributed by atoms with E-state index in [2.05, 4.69) is 39.7 Å². The molecule has 6 nitrogen and oxygen atoms in total. The average Bonchev–Trinajstić information content (AvgIpc) is 2.81. The molecular weight excluding hydrogens is 539 g/mol. The van der Waals surface area contributed by atoms with E-state index in [1.807, 2.05) is 36.4 Å². The summed E-state index contributed by atoms with van der Waals surface area (Å²) in [5.74, 6) is 1.64. The number of nitrogens with one attached hydrogen (secondary N) is 2. The summed E-state index contributed by atoms with van der Waals surface area (Å²) >= 11 is 5.94. The molecule has 0 aromatic heterocycles. The lowest BCUT2D eigenvalue weighted by atomic mass is 10.1. The van der Waals surface area contributed by atoms with Gasteiger partial charge in [-0.2, -0.15) is 0 Å². The summed E-state index contributed by atoms with van der Waals surface area (Å²) in [4.78, 5) is 6.67. The van der Waals surface area contributed by atoms with Crippen molar-refractivity contribution in [2.45, 2.75) is 32.0 Å². The standard InChI is InChI=1S/C24H33ClN4O2.HI/c1-26-24(27-17-19-6-8-21(25)9-7-19)28-18-20-4-3-5-23(16-20)31-15-12-29(2)22-10-13-30-14-11-22;/h3-9,16,22H,10-15,17-18H2,1-2H3,(H2,26,27,28);1H. The first-order valence-corrected chi connectivity index (χ1v) is 11.2. The Balaban J connectivity index is 0.00000363. The van der Waals surface area contributed by atoms with E-state index in [1.54, 1.807) is 7.05 Å². The van der Waals surface area contributed by atoms with Crippen LogP contribution in [0.5, 0.6) is 5.75 Å². The van der Waals surface area contributed by atoms with Crippen LogP contribution in [0.25, 0.3) is 0 Å². The van der Waals surface area contributed by atoms with Crippen molar-refractivity contribution in [1.29, 1.82) is 0 Å². The fraction of sp³-hybridized carbons (Fsp3) is 0.458. The molecule has 3 rings (SSSR count). The van der Waals surface area contributed by atoms with Gasteiger partial charge in [0.15, 0.2) is 5.96 Å². The smallest absolute Gasteiger partial charge is 0.191 e. The molecule has 0 amide bonds. The number of halogens is 2. The van der Waals surface area contributed by atoms with Crippen LogP contribution in [-0.2, 0) is 17.8 Å². The van der Waals surface area contributed by atoms with E-state index in [0.717, 1.165) is 60.5 Å². The summed E-state index contributed by atoms with van der Waals surface area (Å²) in [7, 11) is 3.94. The number of aliphatic imine (C=N–C) groups is 1. The predicted octanol–water partition coefficient (Wildman–Crippen LogP) is 4.31. The van der Waals surface area contributed by atoms with Crippen molar-refractivity contribution in [3.8, 4) is 5.75 Å². The van der Waals surface area contributed by atoms with Gasteiger partial charge in [-0.05, 0) is 55.3 Å². The first-order chi connectivity index (χ1) is 15.1. The molecule has 0 bridgehead atoms. The van der Waals surface area contributed by atoms with Gasteiger partial charge in [-0.15, -0.1) is 24.0 Å². The average molecular weight is 573 g/mol. The molecule has 2 aromatic carbocycles. The number of ether oxygens (including phenoxy) is 2. The fourth-order valence-corrected chi connectivity index (χ4v) is 3.68. The van der Waals surface area contributed by atoms with Crippen LogP contribution in [0.15, 0.2) is 53.5 Å². The number of rotatable bonds is 9. The molecule has 0 spiro atoms. The monoisotopic (exact) mass is 572 g/mol. The van der Waals surface area contributed by atoms with Crippen molar-refractivity contribution in [3.05, 3.63) is 64.7 Å². The maximum atomic E-state index is 6.00. The Kier molecular flexibility index (Phi) is 12.2. The Bertz CT molecular complexity index is 829. The van der Waals surface area contributed by atoms with Crippen molar-refractivity contribution in [3.63, 3.8) is 0 Å². The molecule has 0 unspecified atom stereocenters. The molecule has 0 radical (unpaired) electrons. The van der Waals surface area contributed by atoms with Crippen molar-refractivity contribution in [2.24, 2.45) is 4.99 Å². The third-order valence-corrected chi connectivity index (χ3v) is 5.73. The molecule has 0 saturated carbocycles. The fourth-order valence-electron chi connectivity index (χ4n) is 3.56. The number of guanidine groups is 1. The largest absolute Gasteiger partial charge is 0.492 e. The van der Waals surface area contributed by atoms with E-state index in [1.165, 1.54) is 0 Å². The van der Waals surface area contributed by atoms with Crippen LogP contribution in [0.3, 0.4) is 0 Å². The van der Waals surface area contributed by atoms with Crippen LogP contribution in [0, 0.1) is 0 Å². The second kappa shape index (κ2) is 14.6. The van der Waals surface area contributed by atoms with Gasteiger partial charge >= 0.3 is 0 Å². The number of hydrogen-bond donors (Lipinski definition) is 2. The summed E-state index contributed by atoms with van der Waals surface area (Å²) in [6.45, 7) is 4.66. The maximum Gasteiger partial charge on any atom is 0.191 e. The topological polar surface area (TPSA) is 58.1 Å². The van der Waals surface area contributed by atoms with Crippen molar-refractivity contribution in [1.82, 2.24) is 15.5 Å². The van der Waals surface area contributed by atoms with E-state index < -0.39 is 0 Å². The molecule has 2 aromatic rings. The van der Waals surface area contributed by atoms with Crippen LogP contribution in [-0.4, -0.2) is 57.4 Å². The normalized spacial score (nSPS) is 14.7. The molecule has 176 valence electrons. The molecule has 8 heteroatoms. The highest BCUT2D eigenvalue weighted by Gasteiger charge is 2.17. The van der Waals surface area contributed by atoms with E-state index in [4.69, 9.17) is 21.1 Å². The third kappa shape index (κ3) is 9.13. The van der Waals surface area contributed by atoms with Gasteiger partial charge in [-0.3, -0.25) is 9.89 Å². The van der Waals surface area contributed by atoms with Gasteiger partial charge in [0, 0.05) is 51.0 Å². The van der Waals surface area contributed by atoms with Gasteiger partial charge in [-0.1, -0.05) is 35.9 Å². The van der Waals surface area contributed by atoms with Crippen molar-refractivity contribution >= 4 is 41.5 Å². The highest BCUT2D eigenvalue weighted by Crippen LogP contribution is 2.15. The third-order valence-electron chi connectivity index (χ3n) is 5.48. The second-order valence-electron chi connectivity index (χ2n) is 7.73. The summed E-state index contributed by atoms with van der Waals surface area (Å²) in [5.41, 5.74) is 2.29. The lowest BCUT2D eigenvalue weighted by molar-refractivity contribution is 0.0392. The summed E-state index contributed by atoms with van der Waals surface area (Å²) < 4.78 is 11.4. The number of nitrogens with zero attached hydrogens (tertiary/aromatic N) is 2. The van der Waals surface area contributed by atoms with E-state index >= 15 is 0 Å². The van der Waals surface area contributed by atoms with Crippen LogP contribution < -0.4 is 15.4 Å². The SMILES string of the molecule is CN=C(NCc1ccc(Cl)cc1)NCc1cccc(OCCN(C)C2CCOCC2)c1.I. The molecule has 1 fully saturated rings. The van der Waals surface area contributed by atoms with Crippen molar-refractivity contribution in [2.75, 3.05) is 40.5 Å². The summed E-state index contributed by atoms with van der Waals surface area (Å²) in [6, 6.07) is 16.6. The number of likely N-dealkylation sites (N-methyl/N-ethyl adjacent to an activating group) is 1. The number of hydrogen-bond acceptors (Lipinski definition) is 4. The quantitative estimate of drug-likeness (QED) is 0.266. The van der Waals surface area contributed by atoms with Crippen LogP contribution in [0.1, 0.15) is 24.0 Å². The van der Waals surface area contributed by atoms with Crippen molar-refractivity contribution < 1.29 is 9.47 Å². The van der Waals surface area contributed by atoms with Crippen LogP contribution >= 0.6 is 35.6 Å². The van der Waals surface area contributed by atoms with Gasteiger partial charge in [0.1, 0.15) is 12.4 Å². The van der Waals surface area contributed by atoms with Gasteiger partial charge in [0.25, 0.3) is 0 Å². The van der Waals surface area contributed by atoms with Gasteiger partial charge in [0.2, 0.25) is 0 Å². The summed E-state index contributed by atoms with van der Waals surface area (Å²) in [6.07, 6.45) is 2.20. The molecule has 0 aliphatic carbocycles. The zero-order valence-electron chi connectivity index (χ0n) is 18.9. The van der Waals surface area contributed by atoms with E-state index in [-0.39, 0.29) is 24.0 Å². The zero-order valence-corrected chi connectivity index (χ0v) is 21.9. The first kappa shape index (κ1) is 26.7. The highest BCUT2D eigenvalue weighted by molar-refractivity contribution is 14.0. The molecule has 0 atom stereocenters. The van der Waals surface area contributed by atoms with Crippen LogP contribution in [0.2, 0.25) is 5.02 Å². The Hall–Kier alpha value is -1.55. The Morgan fingerprint density at radius 2 is 1.78 bits per heavy atom. The first-order valence-electron chi connectivity index (χ1n) is 10.8. The zero-order chi connectivity index (χ0) is 21.9. The Morgan fingerprint density at radius 3 is 2.47 bits per heavy atom. The number of benzene rings is 2. The van der Waals surface area contributed by atoms with E-state index in [9.17, 15) is 0 Å². The van der Waals surface area contributed by atoms with Crippen LogP contribution in [0.4, 0.5) is 0 Å². The molecule has 1 heterocycles. The van der Waals surface area contributed by atoms with E-state index in [0.29, 0.717) is 25.7 Å². The van der Waals surface area contributed by atoms with Gasteiger partial charge in [-0.25, -0.2) is 0 Å². The molecule has 1 aliphatic rings. The lowest BCUT2D eigenvalue weighted by Gasteiger charge is -2.31. The molecule has 2 N–H and O–H groups in total. The summed E-state index contributed by atoms with van der Waals surface area (Å²) in [5, 5.41) is 7.41. The van der Waals surface area contributed by atoms with Gasteiger partial charge in [0.05, 0.1) is 0 Å². The second-order valence-corrected chi connectivity index (χ2v) is 8.16. The minimum atomic E-state index is 0. The predicted molar refractivity (Wildman–Crippen MR) is 142 cm³/mol. The Morgan fingerprint density at radius 1 is 1.09 bits per heavy atom. The highest BCUT2D eigenvalue weighted by atomic mass is 127. The maximum absolute atomic E-state index is 6.00. The lowest BCUT2D eigenvalue weighted by Crippen LogP contribution is -2.38. The molecule has 1 saturated heterocycles. The molecule has 1 aliphatic heterocycles.